The van der Waals surface area contributed by atoms with Crippen molar-refractivity contribution in [3.8, 4) is 11.5 Å². The van der Waals surface area contributed by atoms with Gasteiger partial charge in [0.15, 0.2) is 6.61 Å². The normalized spacial score (nSPS) is 11.5. The molecule has 1 atom stereocenters. The van der Waals surface area contributed by atoms with E-state index in [0.717, 1.165) is 18.4 Å². The molecular weight excluding hydrogens is 404 g/mol. The van der Waals surface area contributed by atoms with Crippen molar-refractivity contribution in [3.05, 3.63) is 59.1 Å². The number of rotatable bonds is 11. The van der Waals surface area contributed by atoms with Gasteiger partial charge in [-0.1, -0.05) is 49.2 Å². The molecule has 7 heteroatoms. The van der Waals surface area contributed by atoms with E-state index in [0.29, 0.717) is 23.1 Å². The summed E-state index contributed by atoms with van der Waals surface area (Å²) in [5.41, 5.74) is 0.855. The second kappa shape index (κ2) is 12.1. The number of methoxy groups -OCH3 is 1. The number of nitrogens with one attached hydrogen (secondary N) is 1. The van der Waals surface area contributed by atoms with Crippen molar-refractivity contribution in [1.82, 2.24) is 10.2 Å². The van der Waals surface area contributed by atoms with Crippen LogP contribution in [0.2, 0.25) is 5.02 Å². The molecule has 0 spiro atoms. The molecule has 0 aliphatic heterocycles. The molecule has 0 heterocycles. The number of benzene rings is 2. The summed E-state index contributed by atoms with van der Waals surface area (Å²) in [5.74, 6) is 0.606. The zero-order valence-electron chi connectivity index (χ0n) is 17.7. The van der Waals surface area contributed by atoms with E-state index in [2.05, 4.69) is 12.2 Å². The van der Waals surface area contributed by atoms with Crippen LogP contribution in [0.5, 0.6) is 11.5 Å². The fourth-order valence-electron chi connectivity index (χ4n) is 2.87. The average molecular weight is 433 g/mol. The lowest BCUT2D eigenvalue weighted by Gasteiger charge is -2.29. The standard InChI is InChI=1S/C23H29ClN2O4/c1-4-5-13-25-23(28)17(2)26(15-18-9-8-10-19(14-18)29-3)22(27)16-30-21-12-7-6-11-20(21)24/h6-12,14,17H,4-5,13,15-16H2,1-3H3,(H,25,28)/t17-/m1/s1. The van der Waals surface area contributed by atoms with E-state index in [1.165, 1.54) is 4.90 Å². The van der Waals surface area contributed by atoms with Crippen LogP contribution in [0.3, 0.4) is 0 Å². The number of ether oxygens (including phenoxy) is 2. The van der Waals surface area contributed by atoms with Crippen molar-refractivity contribution >= 4 is 23.4 Å². The van der Waals surface area contributed by atoms with Crippen molar-refractivity contribution in [2.24, 2.45) is 0 Å². The Labute approximate surface area is 183 Å². The van der Waals surface area contributed by atoms with Gasteiger partial charge in [0, 0.05) is 13.1 Å². The Morgan fingerprint density at radius 2 is 1.93 bits per heavy atom. The topological polar surface area (TPSA) is 67.9 Å². The molecule has 0 fully saturated rings. The quantitative estimate of drug-likeness (QED) is 0.544. The van der Waals surface area contributed by atoms with Crippen molar-refractivity contribution in [3.63, 3.8) is 0 Å². The number of carbonyl (C=O) groups excluding carboxylic acids is 2. The van der Waals surface area contributed by atoms with Crippen LogP contribution in [0, 0.1) is 0 Å². The van der Waals surface area contributed by atoms with Crippen LogP contribution in [-0.4, -0.2) is 43.0 Å². The molecule has 2 aromatic carbocycles. The molecule has 2 aromatic rings. The zero-order valence-corrected chi connectivity index (χ0v) is 18.4. The highest BCUT2D eigenvalue weighted by Crippen LogP contribution is 2.23. The van der Waals surface area contributed by atoms with Crippen LogP contribution in [-0.2, 0) is 16.1 Å². The van der Waals surface area contributed by atoms with Crippen molar-refractivity contribution in [1.29, 1.82) is 0 Å². The number of hydrogen-bond donors (Lipinski definition) is 1. The largest absolute Gasteiger partial charge is 0.497 e. The number of amides is 2. The van der Waals surface area contributed by atoms with E-state index in [9.17, 15) is 9.59 Å². The average Bonchev–Trinajstić information content (AvgIpc) is 2.76. The summed E-state index contributed by atoms with van der Waals surface area (Å²) in [6, 6.07) is 13.7. The van der Waals surface area contributed by atoms with E-state index < -0.39 is 6.04 Å². The first-order valence-corrected chi connectivity index (χ1v) is 10.4. The molecule has 6 nitrogen and oxygen atoms in total. The van der Waals surface area contributed by atoms with Crippen molar-refractivity contribution < 1.29 is 19.1 Å². The molecule has 0 saturated carbocycles. The highest BCUT2D eigenvalue weighted by atomic mass is 35.5. The van der Waals surface area contributed by atoms with Crippen LogP contribution in [0.25, 0.3) is 0 Å². The van der Waals surface area contributed by atoms with Gasteiger partial charge in [0.25, 0.3) is 5.91 Å². The number of hydrogen-bond acceptors (Lipinski definition) is 4. The summed E-state index contributed by atoms with van der Waals surface area (Å²) >= 11 is 6.11. The fraction of sp³-hybridized carbons (Fsp3) is 0.391. The van der Waals surface area contributed by atoms with Crippen LogP contribution in [0.1, 0.15) is 32.3 Å². The molecule has 0 aliphatic carbocycles. The van der Waals surface area contributed by atoms with E-state index in [4.69, 9.17) is 21.1 Å². The SMILES string of the molecule is CCCCNC(=O)[C@@H](C)N(Cc1cccc(OC)c1)C(=O)COc1ccccc1Cl. The van der Waals surface area contributed by atoms with Crippen LogP contribution >= 0.6 is 11.6 Å². The zero-order chi connectivity index (χ0) is 21.9. The van der Waals surface area contributed by atoms with Crippen molar-refractivity contribution in [2.45, 2.75) is 39.3 Å². The van der Waals surface area contributed by atoms with Gasteiger partial charge in [-0.15, -0.1) is 0 Å². The van der Waals surface area contributed by atoms with Crippen molar-refractivity contribution in [2.75, 3.05) is 20.3 Å². The summed E-state index contributed by atoms with van der Waals surface area (Å²) in [7, 11) is 1.59. The first-order chi connectivity index (χ1) is 14.5. The third-order valence-corrected chi connectivity index (χ3v) is 4.98. The van der Waals surface area contributed by atoms with Gasteiger partial charge < -0.3 is 19.7 Å². The predicted octanol–water partition coefficient (Wildman–Crippen LogP) is 4.06. The third-order valence-electron chi connectivity index (χ3n) is 4.67. The second-order valence-corrected chi connectivity index (χ2v) is 7.32. The fourth-order valence-corrected chi connectivity index (χ4v) is 3.06. The van der Waals surface area contributed by atoms with Gasteiger partial charge in [-0.3, -0.25) is 9.59 Å². The van der Waals surface area contributed by atoms with Crippen LogP contribution in [0.15, 0.2) is 48.5 Å². The number of halogens is 1. The first kappa shape index (κ1) is 23.5. The molecule has 162 valence electrons. The summed E-state index contributed by atoms with van der Waals surface area (Å²) in [5, 5.41) is 3.32. The van der Waals surface area contributed by atoms with Crippen LogP contribution in [0.4, 0.5) is 0 Å². The maximum atomic E-state index is 13.0. The molecule has 0 unspecified atom stereocenters. The van der Waals surface area contributed by atoms with Gasteiger partial charge in [-0.25, -0.2) is 0 Å². The summed E-state index contributed by atoms with van der Waals surface area (Å²) in [6.07, 6.45) is 1.87. The summed E-state index contributed by atoms with van der Waals surface area (Å²) in [6.45, 7) is 4.39. The Balaban J connectivity index is 2.15. The Morgan fingerprint density at radius 3 is 2.63 bits per heavy atom. The lowest BCUT2D eigenvalue weighted by Crippen LogP contribution is -2.49. The maximum absolute atomic E-state index is 13.0. The van der Waals surface area contributed by atoms with E-state index in [1.54, 1.807) is 38.3 Å². The number of nitrogens with zero attached hydrogens (tertiary/aromatic N) is 1. The number of unbranched alkanes of at least 4 members (excludes halogenated alkanes) is 1. The Hall–Kier alpha value is -2.73. The lowest BCUT2D eigenvalue weighted by atomic mass is 10.1. The first-order valence-electron chi connectivity index (χ1n) is 10.0. The summed E-state index contributed by atoms with van der Waals surface area (Å²) in [4.78, 5) is 27.1. The summed E-state index contributed by atoms with van der Waals surface area (Å²) < 4.78 is 10.9. The molecule has 1 N–H and O–H groups in total. The molecule has 0 radical (unpaired) electrons. The minimum Gasteiger partial charge on any atom is -0.497 e. The van der Waals surface area contributed by atoms with Gasteiger partial charge in [0.2, 0.25) is 5.91 Å². The van der Waals surface area contributed by atoms with E-state index >= 15 is 0 Å². The number of carbonyl (C=O) groups is 2. The lowest BCUT2D eigenvalue weighted by molar-refractivity contribution is -0.142. The van der Waals surface area contributed by atoms with Gasteiger partial charge >= 0.3 is 0 Å². The monoisotopic (exact) mass is 432 g/mol. The Kier molecular flexibility index (Phi) is 9.48. The Morgan fingerprint density at radius 1 is 1.17 bits per heavy atom. The molecule has 30 heavy (non-hydrogen) atoms. The van der Waals surface area contributed by atoms with Gasteiger partial charge in [-0.2, -0.15) is 0 Å². The highest BCUT2D eigenvalue weighted by Gasteiger charge is 2.26. The smallest absolute Gasteiger partial charge is 0.261 e. The molecule has 0 aromatic heterocycles. The van der Waals surface area contributed by atoms with Gasteiger partial charge in [-0.05, 0) is 43.2 Å². The molecule has 2 amide bonds. The van der Waals surface area contributed by atoms with E-state index in [1.807, 2.05) is 24.3 Å². The second-order valence-electron chi connectivity index (χ2n) is 6.91. The van der Waals surface area contributed by atoms with Gasteiger partial charge in [0.05, 0.1) is 12.1 Å². The molecular formula is C23H29ClN2O4. The minimum atomic E-state index is -0.657. The van der Waals surface area contributed by atoms with Gasteiger partial charge in [0.1, 0.15) is 17.5 Å². The maximum Gasteiger partial charge on any atom is 0.261 e. The minimum absolute atomic E-state index is 0.197. The number of para-hydroxylation sites is 1. The molecule has 2 rings (SSSR count). The van der Waals surface area contributed by atoms with E-state index in [-0.39, 0.29) is 25.0 Å². The molecule has 0 saturated heterocycles. The molecule has 0 aliphatic rings. The highest BCUT2D eigenvalue weighted by molar-refractivity contribution is 6.32. The molecule has 0 bridgehead atoms. The third kappa shape index (κ3) is 6.95. The van der Waals surface area contributed by atoms with Crippen LogP contribution < -0.4 is 14.8 Å². The Bertz CT molecular complexity index is 843. The predicted molar refractivity (Wildman–Crippen MR) is 118 cm³/mol.